The minimum Gasteiger partial charge on any atom is -0.469 e. The van der Waals surface area contributed by atoms with E-state index in [0.717, 1.165) is 50.6 Å². The number of methoxy groups -OCH3 is 1. The molecule has 1 N–H and O–H groups in total. The van der Waals surface area contributed by atoms with Gasteiger partial charge in [-0.05, 0) is 25.0 Å². The van der Waals surface area contributed by atoms with Crippen LogP contribution < -0.4 is 5.32 Å². The Morgan fingerprint density at radius 2 is 2.15 bits per heavy atom. The van der Waals surface area contributed by atoms with E-state index in [4.69, 9.17) is 13.9 Å². The molecule has 150 valence electrons. The smallest absolute Gasteiger partial charge is 0.251 e. The molecule has 2 aliphatic heterocycles. The molecule has 1 aromatic rings. The van der Waals surface area contributed by atoms with Crippen LogP contribution in [0.1, 0.15) is 18.6 Å². The number of guanidine groups is 1. The highest BCUT2D eigenvalue weighted by atomic mass is 16.5. The molecule has 0 saturated carbocycles. The SMILES string of the molecule is COCCN=C(NCCc1ccco1)N1CCN(C(=O)C2CCCO2)CC1. The summed E-state index contributed by atoms with van der Waals surface area (Å²) in [5.74, 6) is 1.95. The Kier molecular flexibility index (Phi) is 7.53. The van der Waals surface area contributed by atoms with E-state index >= 15 is 0 Å². The van der Waals surface area contributed by atoms with E-state index in [9.17, 15) is 4.79 Å². The fourth-order valence-corrected chi connectivity index (χ4v) is 3.38. The summed E-state index contributed by atoms with van der Waals surface area (Å²) in [6.07, 6.45) is 4.07. The van der Waals surface area contributed by atoms with Crippen LogP contribution in [0.5, 0.6) is 0 Å². The number of amides is 1. The zero-order valence-electron chi connectivity index (χ0n) is 16.1. The molecular weight excluding hydrogens is 348 g/mol. The van der Waals surface area contributed by atoms with Crippen molar-refractivity contribution in [3.63, 3.8) is 0 Å². The molecule has 27 heavy (non-hydrogen) atoms. The summed E-state index contributed by atoms with van der Waals surface area (Å²) in [6, 6.07) is 3.87. The lowest BCUT2D eigenvalue weighted by Crippen LogP contribution is -2.55. The molecule has 0 aliphatic carbocycles. The second-order valence-corrected chi connectivity index (χ2v) is 6.77. The van der Waals surface area contributed by atoms with Crippen molar-refractivity contribution in [3.8, 4) is 0 Å². The molecule has 0 spiro atoms. The van der Waals surface area contributed by atoms with E-state index in [1.54, 1.807) is 13.4 Å². The van der Waals surface area contributed by atoms with Crippen LogP contribution in [0.25, 0.3) is 0 Å². The number of rotatable bonds is 7. The molecule has 1 atom stereocenters. The Labute approximate surface area is 160 Å². The monoisotopic (exact) mass is 378 g/mol. The molecule has 0 aromatic carbocycles. The number of ether oxygens (including phenoxy) is 2. The first-order valence-corrected chi connectivity index (χ1v) is 9.73. The van der Waals surface area contributed by atoms with Crippen molar-refractivity contribution in [2.45, 2.75) is 25.4 Å². The van der Waals surface area contributed by atoms with E-state index in [2.05, 4.69) is 15.2 Å². The van der Waals surface area contributed by atoms with Crippen molar-refractivity contribution >= 4 is 11.9 Å². The standard InChI is InChI=1S/C19H30N4O4/c1-25-15-8-21-19(20-7-6-16-4-2-13-26-16)23-11-9-22(10-12-23)18(24)17-5-3-14-27-17/h2,4,13,17H,3,5-12,14-15H2,1H3,(H,20,21). The minimum absolute atomic E-state index is 0.135. The van der Waals surface area contributed by atoms with Gasteiger partial charge >= 0.3 is 0 Å². The average molecular weight is 378 g/mol. The number of furan rings is 1. The number of nitrogens with zero attached hydrogens (tertiary/aromatic N) is 3. The van der Waals surface area contributed by atoms with Crippen molar-refractivity contribution in [2.24, 2.45) is 4.99 Å². The Hall–Kier alpha value is -2.06. The summed E-state index contributed by atoms with van der Waals surface area (Å²) in [6.45, 7) is 5.55. The predicted octanol–water partition coefficient (Wildman–Crippen LogP) is 0.737. The van der Waals surface area contributed by atoms with Crippen LogP contribution in [0, 0.1) is 0 Å². The second kappa shape index (κ2) is 10.3. The lowest BCUT2D eigenvalue weighted by molar-refractivity contribution is -0.142. The largest absolute Gasteiger partial charge is 0.469 e. The molecule has 0 radical (unpaired) electrons. The molecule has 3 rings (SSSR count). The lowest BCUT2D eigenvalue weighted by atomic mass is 10.2. The normalized spacial score (nSPS) is 20.9. The predicted molar refractivity (Wildman–Crippen MR) is 102 cm³/mol. The number of hydrogen-bond donors (Lipinski definition) is 1. The Morgan fingerprint density at radius 3 is 2.81 bits per heavy atom. The summed E-state index contributed by atoms with van der Waals surface area (Å²) in [7, 11) is 1.68. The highest BCUT2D eigenvalue weighted by Crippen LogP contribution is 2.16. The Balaban J connectivity index is 1.49. The second-order valence-electron chi connectivity index (χ2n) is 6.77. The molecule has 2 fully saturated rings. The number of carbonyl (C=O) groups is 1. The van der Waals surface area contributed by atoms with Gasteiger partial charge in [-0.1, -0.05) is 0 Å². The highest BCUT2D eigenvalue weighted by Gasteiger charge is 2.30. The van der Waals surface area contributed by atoms with E-state index in [-0.39, 0.29) is 12.0 Å². The summed E-state index contributed by atoms with van der Waals surface area (Å²) in [4.78, 5) is 21.3. The first-order valence-electron chi connectivity index (χ1n) is 9.73. The molecule has 0 bridgehead atoms. The fourth-order valence-electron chi connectivity index (χ4n) is 3.38. The van der Waals surface area contributed by atoms with Crippen LogP contribution >= 0.6 is 0 Å². The van der Waals surface area contributed by atoms with Gasteiger partial charge in [0.15, 0.2) is 5.96 Å². The van der Waals surface area contributed by atoms with Crippen molar-refractivity contribution in [3.05, 3.63) is 24.2 Å². The highest BCUT2D eigenvalue weighted by molar-refractivity contribution is 5.82. The van der Waals surface area contributed by atoms with E-state index < -0.39 is 0 Å². The number of nitrogens with one attached hydrogen (secondary N) is 1. The van der Waals surface area contributed by atoms with Gasteiger partial charge in [-0.25, -0.2) is 0 Å². The third kappa shape index (κ3) is 5.71. The average Bonchev–Trinajstić information content (AvgIpc) is 3.41. The quantitative estimate of drug-likeness (QED) is 0.428. The third-order valence-corrected chi connectivity index (χ3v) is 4.89. The first-order chi connectivity index (χ1) is 13.3. The van der Waals surface area contributed by atoms with E-state index in [0.29, 0.717) is 32.8 Å². The van der Waals surface area contributed by atoms with Gasteiger partial charge in [0.1, 0.15) is 11.9 Å². The number of hydrogen-bond acceptors (Lipinski definition) is 5. The topological polar surface area (TPSA) is 79.5 Å². The van der Waals surface area contributed by atoms with E-state index in [1.807, 2.05) is 17.0 Å². The van der Waals surface area contributed by atoms with Gasteiger partial charge in [0.2, 0.25) is 0 Å². The summed E-state index contributed by atoms with van der Waals surface area (Å²) >= 11 is 0. The van der Waals surface area contributed by atoms with Crippen LogP contribution in [0.4, 0.5) is 0 Å². The third-order valence-electron chi connectivity index (χ3n) is 4.89. The lowest BCUT2D eigenvalue weighted by Gasteiger charge is -2.37. The number of aliphatic imine (C=N–C) groups is 1. The first kappa shape index (κ1) is 19.7. The molecule has 1 unspecified atom stereocenters. The Bertz CT molecular complexity index is 591. The van der Waals surface area contributed by atoms with Gasteiger partial charge in [0.25, 0.3) is 5.91 Å². The van der Waals surface area contributed by atoms with Crippen LogP contribution in [-0.4, -0.2) is 87.4 Å². The molecule has 1 amide bonds. The van der Waals surface area contributed by atoms with Gasteiger partial charge in [0, 0.05) is 52.9 Å². The maximum atomic E-state index is 12.5. The van der Waals surface area contributed by atoms with Crippen molar-refractivity contribution in [1.82, 2.24) is 15.1 Å². The fraction of sp³-hybridized carbons (Fsp3) is 0.684. The van der Waals surface area contributed by atoms with Crippen LogP contribution in [0.2, 0.25) is 0 Å². The van der Waals surface area contributed by atoms with E-state index in [1.165, 1.54) is 0 Å². The number of carbonyl (C=O) groups excluding carboxylic acids is 1. The van der Waals surface area contributed by atoms with Crippen molar-refractivity contribution in [2.75, 3.05) is 59.6 Å². The van der Waals surface area contributed by atoms with Gasteiger partial charge in [0.05, 0.1) is 19.4 Å². The molecule has 8 nitrogen and oxygen atoms in total. The van der Waals surface area contributed by atoms with Crippen LogP contribution in [-0.2, 0) is 20.7 Å². The Morgan fingerprint density at radius 1 is 1.33 bits per heavy atom. The molecule has 2 aliphatic rings. The molecular formula is C19H30N4O4. The van der Waals surface area contributed by atoms with Crippen LogP contribution in [0.15, 0.2) is 27.8 Å². The molecule has 8 heteroatoms. The maximum Gasteiger partial charge on any atom is 0.251 e. The number of piperazine rings is 1. The van der Waals surface area contributed by atoms with Gasteiger partial charge in [-0.15, -0.1) is 0 Å². The molecule has 1 aromatic heterocycles. The summed E-state index contributed by atoms with van der Waals surface area (Å²) in [5.41, 5.74) is 0. The molecule has 2 saturated heterocycles. The zero-order valence-corrected chi connectivity index (χ0v) is 16.1. The van der Waals surface area contributed by atoms with Crippen molar-refractivity contribution in [1.29, 1.82) is 0 Å². The molecule has 3 heterocycles. The van der Waals surface area contributed by atoms with Gasteiger partial charge in [-0.2, -0.15) is 0 Å². The minimum atomic E-state index is -0.238. The van der Waals surface area contributed by atoms with Crippen molar-refractivity contribution < 1.29 is 18.7 Å². The maximum absolute atomic E-state index is 12.5. The van der Waals surface area contributed by atoms with Gasteiger partial charge < -0.3 is 29.0 Å². The zero-order chi connectivity index (χ0) is 18.9. The summed E-state index contributed by atoms with van der Waals surface area (Å²) in [5, 5.41) is 3.42. The summed E-state index contributed by atoms with van der Waals surface area (Å²) < 4.78 is 16.0. The van der Waals surface area contributed by atoms with Crippen LogP contribution in [0.3, 0.4) is 0 Å². The van der Waals surface area contributed by atoms with Gasteiger partial charge in [-0.3, -0.25) is 9.79 Å².